The molecule has 0 heterocycles. The van der Waals surface area contributed by atoms with Crippen LogP contribution in [0.5, 0.6) is 11.5 Å². The molecule has 0 saturated heterocycles. The van der Waals surface area contributed by atoms with E-state index in [1.165, 1.54) is 36.4 Å². The molecule has 2 aromatic rings. The Kier molecular flexibility index (Phi) is 5.00. The molecule has 0 atom stereocenters. The fraction of sp³-hybridized carbons (Fsp3) is 0. The van der Waals surface area contributed by atoms with E-state index in [4.69, 9.17) is 55.9 Å². The summed E-state index contributed by atoms with van der Waals surface area (Å²) >= 11 is 23.1. The number of hydrogen-bond acceptors (Lipinski definition) is 3. The average molecular weight is 352 g/mol. The Morgan fingerprint density at radius 3 is 1.25 bits per heavy atom. The Hall–Kier alpha value is -1.13. The molecule has 0 fully saturated rings. The Bertz CT molecular complexity index is 562. The van der Waals surface area contributed by atoms with Crippen molar-refractivity contribution in [2.45, 2.75) is 0 Å². The number of hydrogen-bond donors (Lipinski definition) is 0. The van der Waals surface area contributed by atoms with Crippen LogP contribution in [0.15, 0.2) is 36.4 Å². The van der Waals surface area contributed by atoms with Crippen molar-refractivity contribution >= 4 is 52.6 Å². The predicted molar refractivity (Wildman–Crippen MR) is 79.6 cm³/mol. The van der Waals surface area contributed by atoms with Gasteiger partial charge in [0, 0.05) is 20.1 Å². The van der Waals surface area contributed by atoms with Crippen LogP contribution in [-0.4, -0.2) is 6.16 Å². The van der Waals surface area contributed by atoms with Crippen LogP contribution in [0.1, 0.15) is 0 Å². The van der Waals surface area contributed by atoms with Gasteiger partial charge in [-0.25, -0.2) is 4.79 Å². The molecule has 0 aromatic heterocycles. The Balaban J connectivity index is 2.08. The Morgan fingerprint density at radius 1 is 0.650 bits per heavy atom. The highest BCUT2D eigenvalue weighted by atomic mass is 35.5. The molecule has 20 heavy (non-hydrogen) atoms. The van der Waals surface area contributed by atoms with Crippen LogP contribution in [0.2, 0.25) is 20.1 Å². The molecule has 0 spiro atoms. The average Bonchev–Trinajstić information content (AvgIpc) is 2.24. The molecule has 0 aliphatic rings. The molecule has 0 unspecified atom stereocenters. The fourth-order valence-electron chi connectivity index (χ4n) is 1.39. The molecule has 104 valence electrons. The quantitative estimate of drug-likeness (QED) is 0.500. The third kappa shape index (κ3) is 4.46. The fourth-order valence-corrected chi connectivity index (χ4v) is 2.40. The molecule has 0 saturated carbocycles. The second-order valence-corrected chi connectivity index (χ2v) is 5.41. The van der Waals surface area contributed by atoms with Crippen LogP contribution in [0.25, 0.3) is 0 Å². The summed E-state index contributed by atoms with van der Waals surface area (Å²) in [7, 11) is 0. The van der Waals surface area contributed by atoms with Crippen molar-refractivity contribution in [3.8, 4) is 11.5 Å². The lowest BCUT2D eigenvalue weighted by molar-refractivity contribution is 0.152. The zero-order valence-corrected chi connectivity index (χ0v) is 12.7. The summed E-state index contributed by atoms with van der Waals surface area (Å²) in [4.78, 5) is 11.6. The molecule has 2 aromatic carbocycles. The summed E-state index contributed by atoms with van der Waals surface area (Å²) < 4.78 is 9.89. The van der Waals surface area contributed by atoms with E-state index in [-0.39, 0.29) is 11.5 Å². The molecular weight excluding hydrogens is 346 g/mol. The molecule has 0 bridgehead atoms. The first-order valence-electron chi connectivity index (χ1n) is 5.24. The van der Waals surface area contributed by atoms with Crippen molar-refractivity contribution < 1.29 is 14.3 Å². The summed E-state index contributed by atoms with van der Waals surface area (Å²) in [6, 6.07) is 8.74. The minimum atomic E-state index is -0.957. The van der Waals surface area contributed by atoms with Crippen molar-refractivity contribution in [3.63, 3.8) is 0 Å². The van der Waals surface area contributed by atoms with Gasteiger partial charge in [-0.05, 0) is 36.4 Å². The maximum atomic E-state index is 11.6. The van der Waals surface area contributed by atoms with Gasteiger partial charge in [0.25, 0.3) is 0 Å². The number of benzene rings is 2. The molecule has 7 heteroatoms. The van der Waals surface area contributed by atoms with E-state index in [0.29, 0.717) is 20.1 Å². The van der Waals surface area contributed by atoms with Gasteiger partial charge in [-0.2, -0.15) is 0 Å². The highest BCUT2D eigenvalue weighted by molar-refractivity contribution is 6.35. The van der Waals surface area contributed by atoms with E-state index in [0.717, 1.165) is 0 Å². The van der Waals surface area contributed by atoms with E-state index in [1.807, 2.05) is 0 Å². The van der Waals surface area contributed by atoms with Crippen molar-refractivity contribution in [2.75, 3.05) is 0 Å². The first-order valence-corrected chi connectivity index (χ1v) is 6.75. The van der Waals surface area contributed by atoms with Crippen LogP contribution in [-0.2, 0) is 0 Å². The first-order chi connectivity index (χ1) is 9.42. The molecule has 0 amide bonds. The van der Waals surface area contributed by atoms with E-state index in [2.05, 4.69) is 0 Å². The molecule has 2 rings (SSSR count). The molecule has 3 nitrogen and oxygen atoms in total. The van der Waals surface area contributed by atoms with Gasteiger partial charge in [-0.15, -0.1) is 0 Å². The van der Waals surface area contributed by atoms with Crippen LogP contribution in [0.4, 0.5) is 4.79 Å². The maximum Gasteiger partial charge on any atom is 0.519 e. The van der Waals surface area contributed by atoms with Crippen molar-refractivity contribution in [2.24, 2.45) is 0 Å². The summed E-state index contributed by atoms with van der Waals surface area (Å²) in [5, 5.41) is 1.36. The lowest BCUT2D eigenvalue weighted by Gasteiger charge is -2.07. The second kappa shape index (κ2) is 6.55. The summed E-state index contributed by atoms with van der Waals surface area (Å²) in [6.07, 6.45) is -0.957. The monoisotopic (exact) mass is 350 g/mol. The standard InChI is InChI=1S/C13H6Cl4O3/c14-7-1-8(15)4-11(3-7)19-13(18)20-12-5-9(16)2-10(17)6-12/h1-6H. The molecule has 0 aliphatic carbocycles. The lowest BCUT2D eigenvalue weighted by atomic mass is 10.3. The van der Waals surface area contributed by atoms with Gasteiger partial charge in [0.05, 0.1) is 0 Å². The highest BCUT2D eigenvalue weighted by Gasteiger charge is 2.10. The van der Waals surface area contributed by atoms with Gasteiger partial charge < -0.3 is 9.47 Å². The van der Waals surface area contributed by atoms with Gasteiger partial charge in [0.15, 0.2) is 0 Å². The van der Waals surface area contributed by atoms with Crippen LogP contribution < -0.4 is 9.47 Å². The molecule has 0 aliphatic heterocycles. The molecule has 0 radical (unpaired) electrons. The number of carbonyl (C=O) groups excluding carboxylic acids is 1. The van der Waals surface area contributed by atoms with Gasteiger partial charge >= 0.3 is 6.16 Å². The molecular formula is C13H6Cl4O3. The summed E-state index contributed by atoms with van der Waals surface area (Å²) in [5.41, 5.74) is 0. The van der Waals surface area contributed by atoms with Crippen LogP contribution in [0, 0.1) is 0 Å². The van der Waals surface area contributed by atoms with Crippen molar-refractivity contribution in [1.29, 1.82) is 0 Å². The maximum absolute atomic E-state index is 11.6. The zero-order chi connectivity index (χ0) is 14.7. The van der Waals surface area contributed by atoms with Crippen LogP contribution >= 0.6 is 46.4 Å². The number of halogens is 4. The van der Waals surface area contributed by atoms with E-state index >= 15 is 0 Å². The van der Waals surface area contributed by atoms with E-state index in [9.17, 15) is 4.79 Å². The number of ether oxygens (including phenoxy) is 2. The lowest BCUT2D eigenvalue weighted by Crippen LogP contribution is -2.13. The van der Waals surface area contributed by atoms with Crippen molar-refractivity contribution in [3.05, 3.63) is 56.5 Å². The normalized spacial score (nSPS) is 10.2. The van der Waals surface area contributed by atoms with Crippen LogP contribution in [0.3, 0.4) is 0 Å². The highest BCUT2D eigenvalue weighted by Crippen LogP contribution is 2.26. The SMILES string of the molecule is O=C(Oc1cc(Cl)cc(Cl)c1)Oc1cc(Cl)cc(Cl)c1. The Labute approximate surface area is 134 Å². The minimum Gasteiger partial charge on any atom is -0.395 e. The zero-order valence-electron chi connectivity index (χ0n) is 9.70. The number of carbonyl (C=O) groups is 1. The Morgan fingerprint density at radius 2 is 0.950 bits per heavy atom. The first kappa shape index (κ1) is 15.3. The van der Waals surface area contributed by atoms with Gasteiger partial charge in [-0.3, -0.25) is 0 Å². The summed E-state index contributed by atoms with van der Waals surface area (Å²) in [5.74, 6) is 0.334. The van der Waals surface area contributed by atoms with E-state index < -0.39 is 6.16 Å². The van der Waals surface area contributed by atoms with E-state index in [1.54, 1.807) is 0 Å². The topological polar surface area (TPSA) is 35.5 Å². The summed E-state index contributed by atoms with van der Waals surface area (Å²) in [6.45, 7) is 0. The number of rotatable bonds is 2. The third-order valence-electron chi connectivity index (χ3n) is 2.07. The van der Waals surface area contributed by atoms with Gasteiger partial charge in [0.1, 0.15) is 11.5 Å². The smallest absolute Gasteiger partial charge is 0.395 e. The predicted octanol–water partition coefficient (Wildman–Crippen LogP) is 5.88. The molecule has 0 N–H and O–H groups in total. The third-order valence-corrected chi connectivity index (χ3v) is 2.95. The van der Waals surface area contributed by atoms with Crippen molar-refractivity contribution in [1.82, 2.24) is 0 Å². The van der Waals surface area contributed by atoms with Gasteiger partial charge in [0.2, 0.25) is 0 Å². The second-order valence-electron chi connectivity index (χ2n) is 3.66. The largest absolute Gasteiger partial charge is 0.519 e. The van der Waals surface area contributed by atoms with Gasteiger partial charge in [-0.1, -0.05) is 46.4 Å². The minimum absolute atomic E-state index is 0.167.